The summed E-state index contributed by atoms with van der Waals surface area (Å²) in [6, 6.07) is 6.48. The number of carbonyl (C=O) groups excluding carboxylic acids is 1. The summed E-state index contributed by atoms with van der Waals surface area (Å²) in [6.07, 6.45) is 10.5. The minimum Gasteiger partial charge on any atom is -0.444 e. The van der Waals surface area contributed by atoms with Crippen molar-refractivity contribution in [2.45, 2.75) is 51.7 Å². The molecule has 1 fully saturated rings. The summed E-state index contributed by atoms with van der Waals surface area (Å²) in [5.41, 5.74) is 5.68. The summed E-state index contributed by atoms with van der Waals surface area (Å²) in [5, 5.41) is 4.64. The van der Waals surface area contributed by atoms with Crippen LogP contribution in [-0.4, -0.2) is 74.5 Å². The van der Waals surface area contributed by atoms with E-state index < -0.39 is 5.60 Å². The molecule has 1 aromatic carbocycles. The van der Waals surface area contributed by atoms with Crippen molar-refractivity contribution in [3.05, 3.63) is 48.4 Å². The van der Waals surface area contributed by atoms with Crippen molar-refractivity contribution in [1.82, 2.24) is 29.5 Å². The van der Waals surface area contributed by atoms with Gasteiger partial charge in [0.1, 0.15) is 5.60 Å². The molecule has 184 valence electrons. The molecule has 0 atom stereocenters. The van der Waals surface area contributed by atoms with Crippen LogP contribution in [0.15, 0.2) is 42.9 Å². The molecule has 4 heterocycles. The molecule has 0 N–H and O–H groups in total. The van der Waals surface area contributed by atoms with Crippen LogP contribution >= 0.6 is 0 Å². The largest absolute Gasteiger partial charge is 0.444 e. The van der Waals surface area contributed by atoms with Crippen LogP contribution in [0.4, 0.5) is 4.79 Å². The number of amides is 1. The van der Waals surface area contributed by atoms with Crippen molar-refractivity contribution in [3.63, 3.8) is 0 Å². The van der Waals surface area contributed by atoms with Crippen LogP contribution in [0.1, 0.15) is 51.6 Å². The highest BCUT2D eigenvalue weighted by Crippen LogP contribution is 2.30. The van der Waals surface area contributed by atoms with Crippen LogP contribution in [0, 0.1) is 0 Å². The van der Waals surface area contributed by atoms with E-state index in [1.165, 1.54) is 11.1 Å². The Hall–Kier alpha value is -3.26. The molecule has 0 radical (unpaired) electrons. The van der Waals surface area contributed by atoms with Crippen molar-refractivity contribution in [2.75, 3.05) is 33.2 Å². The molecule has 0 spiro atoms. The van der Waals surface area contributed by atoms with Crippen LogP contribution in [-0.2, 0) is 4.74 Å². The predicted molar refractivity (Wildman–Crippen MR) is 137 cm³/mol. The fraction of sp³-hybridized carbons (Fsp3) is 0.481. The first kappa shape index (κ1) is 23.5. The Morgan fingerprint density at radius 2 is 1.91 bits per heavy atom. The zero-order valence-corrected chi connectivity index (χ0v) is 21.1. The maximum atomic E-state index is 12.4. The Kier molecular flexibility index (Phi) is 6.32. The smallest absolute Gasteiger partial charge is 0.410 e. The number of piperidine rings is 1. The van der Waals surface area contributed by atoms with Gasteiger partial charge < -0.3 is 14.5 Å². The first-order chi connectivity index (χ1) is 16.8. The van der Waals surface area contributed by atoms with E-state index in [1.807, 2.05) is 43.9 Å². The minimum absolute atomic E-state index is 0.237. The zero-order chi connectivity index (χ0) is 24.6. The normalized spacial score (nSPS) is 18.1. The molecule has 0 unspecified atom stereocenters. The maximum absolute atomic E-state index is 12.4. The second-order valence-electron chi connectivity index (χ2n) is 10.6. The van der Waals surface area contributed by atoms with E-state index in [2.05, 4.69) is 41.5 Å². The molecule has 8 heteroatoms. The summed E-state index contributed by atoms with van der Waals surface area (Å²) < 4.78 is 7.53. The molecule has 0 bridgehead atoms. The minimum atomic E-state index is -0.477. The molecule has 0 saturated carbocycles. The molecule has 2 aromatic heterocycles. The van der Waals surface area contributed by atoms with Crippen molar-refractivity contribution in [1.29, 1.82) is 0 Å². The fourth-order valence-electron chi connectivity index (χ4n) is 4.76. The number of nitrogens with zero attached hydrogens (tertiary/aromatic N) is 6. The number of rotatable bonds is 3. The average Bonchev–Trinajstić information content (AvgIpc) is 3.33. The molecule has 8 nitrogen and oxygen atoms in total. The molecular weight excluding hydrogens is 440 g/mol. The molecule has 1 saturated heterocycles. The van der Waals surface area contributed by atoms with Crippen LogP contribution in [0.3, 0.4) is 0 Å². The number of para-hydroxylation sites is 1. The maximum Gasteiger partial charge on any atom is 0.410 e. The second kappa shape index (κ2) is 9.41. The Balaban J connectivity index is 1.33. The quantitative estimate of drug-likeness (QED) is 0.544. The third-order valence-corrected chi connectivity index (χ3v) is 6.72. The van der Waals surface area contributed by atoms with E-state index in [0.29, 0.717) is 13.1 Å². The fourth-order valence-corrected chi connectivity index (χ4v) is 4.76. The van der Waals surface area contributed by atoms with Gasteiger partial charge in [0.25, 0.3) is 0 Å². The highest BCUT2D eigenvalue weighted by atomic mass is 16.6. The summed E-state index contributed by atoms with van der Waals surface area (Å²) in [5.74, 6) is 0. The topological polar surface area (TPSA) is 76.4 Å². The zero-order valence-electron chi connectivity index (χ0n) is 21.1. The summed E-state index contributed by atoms with van der Waals surface area (Å²) in [7, 11) is 2.15. The molecule has 2 aliphatic heterocycles. The van der Waals surface area contributed by atoms with Gasteiger partial charge in [0.2, 0.25) is 0 Å². The summed E-state index contributed by atoms with van der Waals surface area (Å²) in [6.45, 7) is 9.02. The Labute approximate surface area is 206 Å². The molecule has 35 heavy (non-hydrogen) atoms. The van der Waals surface area contributed by atoms with Gasteiger partial charge in [-0.05, 0) is 58.7 Å². The lowest BCUT2D eigenvalue weighted by molar-refractivity contribution is 0.0185. The van der Waals surface area contributed by atoms with E-state index in [9.17, 15) is 4.79 Å². The van der Waals surface area contributed by atoms with E-state index >= 15 is 0 Å². The molecule has 3 aromatic rings. The lowest BCUT2D eigenvalue weighted by Crippen LogP contribution is -2.42. The van der Waals surface area contributed by atoms with Gasteiger partial charge in [-0.3, -0.25) is 9.67 Å². The van der Waals surface area contributed by atoms with E-state index in [1.54, 1.807) is 4.90 Å². The molecule has 0 aliphatic carbocycles. The summed E-state index contributed by atoms with van der Waals surface area (Å²) in [4.78, 5) is 26.2. The van der Waals surface area contributed by atoms with Crippen LogP contribution in [0.25, 0.3) is 27.9 Å². The molecule has 2 aliphatic rings. The number of benzene rings is 1. The average molecular weight is 475 g/mol. The van der Waals surface area contributed by atoms with Crippen LogP contribution in [0.2, 0.25) is 0 Å². The molecule has 1 amide bonds. The first-order valence-corrected chi connectivity index (χ1v) is 12.4. The third kappa shape index (κ3) is 5.22. The number of fused-ring (bicyclic) bond motifs is 1. The Bertz CT molecular complexity index is 1250. The summed E-state index contributed by atoms with van der Waals surface area (Å²) >= 11 is 0. The van der Waals surface area contributed by atoms with Gasteiger partial charge in [-0.25, -0.2) is 9.78 Å². The Morgan fingerprint density at radius 3 is 2.63 bits per heavy atom. The number of ether oxygens (including phenoxy) is 1. The number of likely N-dealkylation sites (N-methyl/N-ethyl adjacent to an activating group) is 1. The highest BCUT2D eigenvalue weighted by molar-refractivity contribution is 5.90. The van der Waals surface area contributed by atoms with Gasteiger partial charge >= 0.3 is 6.09 Å². The highest BCUT2D eigenvalue weighted by Gasteiger charge is 2.28. The van der Waals surface area contributed by atoms with Gasteiger partial charge in [0, 0.05) is 43.5 Å². The van der Waals surface area contributed by atoms with Gasteiger partial charge in [-0.1, -0.05) is 18.2 Å². The van der Waals surface area contributed by atoms with Crippen LogP contribution in [0.5, 0.6) is 0 Å². The lowest BCUT2D eigenvalue weighted by atomic mass is 9.98. The number of carbonyl (C=O) groups is 1. The van der Waals surface area contributed by atoms with Crippen molar-refractivity contribution < 1.29 is 9.53 Å². The van der Waals surface area contributed by atoms with E-state index in [4.69, 9.17) is 14.7 Å². The molecular formula is C27H34N6O2. The SMILES string of the molecule is CN1CC=C(c2cccc3ncc(-c4cnn(C5CCN(C(=O)OC(C)(C)C)CC5)c4)nc23)CC1. The van der Waals surface area contributed by atoms with E-state index in [0.717, 1.165) is 54.6 Å². The predicted octanol–water partition coefficient (Wildman–Crippen LogP) is 4.78. The third-order valence-electron chi connectivity index (χ3n) is 6.72. The standard InChI is InChI=1S/C27H34N6O2/c1-27(2,3)35-26(34)32-14-10-21(11-15-32)33-18-20(16-29-33)24-17-28-23-7-5-6-22(25(23)30-24)19-8-12-31(4)13-9-19/h5-8,16-18,21H,9-15H2,1-4H3. The monoisotopic (exact) mass is 474 g/mol. The second-order valence-corrected chi connectivity index (χ2v) is 10.6. The van der Waals surface area contributed by atoms with Crippen LogP contribution < -0.4 is 0 Å². The van der Waals surface area contributed by atoms with Crippen molar-refractivity contribution in [2.24, 2.45) is 0 Å². The Morgan fingerprint density at radius 1 is 1.11 bits per heavy atom. The first-order valence-electron chi connectivity index (χ1n) is 12.4. The van der Waals surface area contributed by atoms with Gasteiger partial charge in [0.05, 0.1) is 35.2 Å². The lowest BCUT2D eigenvalue weighted by Gasteiger charge is -2.33. The van der Waals surface area contributed by atoms with Gasteiger partial charge in [-0.15, -0.1) is 0 Å². The van der Waals surface area contributed by atoms with Crippen molar-refractivity contribution >= 4 is 22.7 Å². The van der Waals surface area contributed by atoms with Crippen molar-refractivity contribution in [3.8, 4) is 11.3 Å². The van der Waals surface area contributed by atoms with E-state index in [-0.39, 0.29) is 12.1 Å². The number of aromatic nitrogens is 4. The number of hydrogen-bond acceptors (Lipinski definition) is 6. The van der Waals surface area contributed by atoms with Gasteiger partial charge in [0.15, 0.2) is 0 Å². The van der Waals surface area contributed by atoms with Gasteiger partial charge in [-0.2, -0.15) is 5.10 Å². The number of hydrogen-bond donors (Lipinski definition) is 0. The molecule has 5 rings (SSSR count). The number of likely N-dealkylation sites (tertiary alicyclic amines) is 1.